The van der Waals surface area contributed by atoms with E-state index in [4.69, 9.17) is 4.74 Å². The van der Waals surface area contributed by atoms with Crippen LogP contribution in [0.25, 0.3) is 10.6 Å². The van der Waals surface area contributed by atoms with E-state index in [0.717, 1.165) is 35.7 Å². The first kappa shape index (κ1) is 14.0. The fourth-order valence-electron chi connectivity index (χ4n) is 2.61. The summed E-state index contributed by atoms with van der Waals surface area (Å²) in [5.41, 5.74) is 2.03. The fourth-order valence-corrected chi connectivity index (χ4v) is 3.40. The van der Waals surface area contributed by atoms with Crippen molar-refractivity contribution in [3.63, 3.8) is 0 Å². The summed E-state index contributed by atoms with van der Waals surface area (Å²) in [6.45, 7) is 1.67. The maximum absolute atomic E-state index is 5.76. The summed E-state index contributed by atoms with van der Waals surface area (Å²) in [5, 5.41) is 10.6. The predicted molar refractivity (Wildman–Crippen MR) is 86.5 cm³/mol. The van der Waals surface area contributed by atoms with Crippen LogP contribution in [0.4, 0.5) is 0 Å². The third-order valence-corrected chi connectivity index (χ3v) is 5.01. The van der Waals surface area contributed by atoms with Gasteiger partial charge in [-0.05, 0) is 38.2 Å². The van der Waals surface area contributed by atoms with Crippen molar-refractivity contribution in [3.05, 3.63) is 23.2 Å². The van der Waals surface area contributed by atoms with Crippen LogP contribution in [0.3, 0.4) is 0 Å². The maximum Gasteiger partial charge on any atom is 0.123 e. The van der Waals surface area contributed by atoms with Crippen LogP contribution in [-0.2, 0) is 11.3 Å². The topological polar surface area (TPSA) is 39.9 Å². The summed E-state index contributed by atoms with van der Waals surface area (Å²) >= 11 is 1.68. The Hall–Kier alpha value is -1.64. The SMILES string of the molecule is C(#CC1CC1)c1csc(-c2cn(C[C@H]3CCCCO3)nn2)c1. The smallest absolute Gasteiger partial charge is 0.123 e. The van der Waals surface area contributed by atoms with Crippen LogP contribution in [0.2, 0.25) is 0 Å². The molecule has 1 aliphatic carbocycles. The lowest BCUT2D eigenvalue weighted by Crippen LogP contribution is -2.24. The quantitative estimate of drug-likeness (QED) is 0.816. The van der Waals surface area contributed by atoms with Crippen molar-refractivity contribution in [3.8, 4) is 22.4 Å². The molecule has 0 amide bonds. The lowest BCUT2D eigenvalue weighted by atomic mass is 10.1. The van der Waals surface area contributed by atoms with E-state index < -0.39 is 0 Å². The number of thiophene rings is 1. The van der Waals surface area contributed by atoms with Gasteiger partial charge in [0.25, 0.3) is 0 Å². The number of hydrogen-bond donors (Lipinski definition) is 0. The van der Waals surface area contributed by atoms with Gasteiger partial charge in [-0.1, -0.05) is 17.1 Å². The second-order valence-electron chi connectivity index (χ2n) is 6.06. The molecule has 1 atom stereocenters. The molecular formula is C17H19N3OS. The van der Waals surface area contributed by atoms with E-state index in [2.05, 4.69) is 33.6 Å². The molecule has 1 saturated carbocycles. The van der Waals surface area contributed by atoms with Gasteiger partial charge >= 0.3 is 0 Å². The highest BCUT2D eigenvalue weighted by Gasteiger charge is 2.18. The Bertz CT molecular complexity index is 699. The Morgan fingerprint density at radius 1 is 1.32 bits per heavy atom. The van der Waals surface area contributed by atoms with Crippen molar-refractivity contribution in [2.24, 2.45) is 5.92 Å². The molecule has 22 heavy (non-hydrogen) atoms. The van der Waals surface area contributed by atoms with Gasteiger partial charge < -0.3 is 4.74 Å². The van der Waals surface area contributed by atoms with E-state index >= 15 is 0 Å². The van der Waals surface area contributed by atoms with Gasteiger partial charge in [-0.25, -0.2) is 4.68 Å². The highest BCUT2D eigenvalue weighted by molar-refractivity contribution is 7.13. The van der Waals surface area contributed by atoms with Gasteiger partial charge in [0.15, 0.2) is 0 Å². The van der Waals surface area contributed by atoms with Gasteiger partial charge in [-0.3, -0.25) is 0 Å². The zero-order chi connectivity index (χ0) is 14.8. The number of rotatable bonds is 3. The molecule has 1 aliphatic heterocycles. The largest absolute Gasteiger partial charge is 0.376 e. The molecule has 4 nitrogen and oxygen atoms in total. The van der Waals surface area contributed by atoms with Crippen molar-refractivity contribution in [2.75, 3.05) is 6.61 Å². The summed E-state index contributed by atoms with van der Waals surface area (Å²) < 4.78 is 7.66. The third kappa shape index (κ3) is 3.40. The normalized spacial score (nSPS) is 21.4. The molecule has 2 fully saturated rings. The molecule has 0 N–H and O–H groups in total. The van der Waals surface area contributed by atoms with Crippen molar-refractivity contribution >= 4 is 11.3 Å². The van der Waals surface area contributed by atoms with Gasteiger partial charge in [-0.2, -0.15) is 0 Å². The van der Waals surface area contributed by atoms with Gasteiger partial charge in [0.2, 0.25) is 0 Å². The average molecular weight is 313 g/mol. The summed E-state index contributed by atoms with van der Waals surface area (Å²) in [6.07, 6.45) is 8.38. The minimum absolute atomic E-state index is 0.284. The molecule has 0 aromatic carbocycles. The average Bonchev–Trinajstić information content (AvgIpc) is 3.06. The van der Waals surface area contributed by atoms with E-state index in [1.807, 2.05) is 10.9 Å². The van der Waals surface area contributed by atoms with E-state index in [-0.39, 0.29) is 6.10 Å². The monoisotopic (exact) mass is 313 g/mol. The molecule has 114 valence electrons. The molecule has 0 unspecified atom stereocenters. The minimum Gasteiger partial charge on any atom is -0.376 e. The minimum atomic E-state index is 0.284. The summed E-state index contributed by atoms with van der Waals surface area (Å²) in [5.74, 6) is 7.19. The van der Waals surface area contributed by atoms with E-state index in [0.29, 0.717) is 5.92 Å². The lowest BCUT2D eigenvalue weighted by Gasteiger charge is -2.21. The predicted octanol–water partition coefficient (Wildman–Crippen LogP) is 3.34. The molecule has 1 saturated heterocycles. The Labute approximate surface area is 134 Å². The Balaban J connectivity index is 1.43. The van der Waals surface area contributed by atoms with Crippen LogP contribution in [0.5, 0.6) is 0 Å². The molecule has 4 rings (SSSR count). The van der Waals surface area contributed by atoms with Crippen LogP contribution in [0.1, 0.15) is 37.7 Å². The van der Waals surface area contributed by atoms with Gasteiger partial charge in [0, 0.05) is 23.5 Å². The van der Waals surface area contributed by atoms with Crippen LogP contribution >= 0.6 is 11.3 Å². The zero-order valence-electron chi connectivity index (χ0n) is 12.5. The van der Waals surface area contributed by atoms with Crippen molar-refractivity contribution in [1.29, 1.82) is 0 Å². The molecule has 5 heteroatoms. The maximum atomic E-state index is 5.76. The molecule has 0 spiro atoms. The summed E-state index contributed by atoms with van der Waals surface area (Å²) in [4.78, 5) is 1.14. The summed E-state index contributed by atoms with van der Waals surface area (Å²) in [6, 6.07) is 2.12. The second kappa shape index (κ2) is 6.23. The van der Waals surface area contributed by atoms with E-state index in [9.17, 15) is 0 Å². The van der Waals surface area contributed by atoms with Crippen LogP contribution < -0.4 is 0 Å². The van der Waals surface area contributed by atoms with Gasteiger partial charge in [-0.15, -0.1) is 16.4 Å². The van der Waals surface area contributed by atoms with E-state index in [1.54, 1.807) is 11.3 Å². The van der Waals surface area contributed by atoms with Crippen molar-refractivity contribution in [2.45, 2.75) is 44.8 Å². The lowest BCUT2D eigenvalue weighted by molar-refractivity contribution is 0.00370. The van der Waals surface area contributed by atoms with Crippen LogP contribution in [0.15, 0.2) is 17.6 Å². The molecule has 0 radical (unpaired) electrons. The zero-order valence-corrected chi connectivity index (χ0v) is 13.3. The van der Waals surface area contributed by atoms with Gasteiger partial charge in [0.1, 0.15) is 5.69 Å². The van der Waals surface area contributed by atoms with Crippen molar-refractivity contribution in [1.82, 2.24) is 15.0 Å². The third-order valence-electron chi connectivity index (χ3n) is 4.05. The Kier molecular flexibility index (Phi) is 3.96. The molecule has 2 aromatic heterocycles. The number of nitrogens with zero attached hydrogens (tertiary/aromatic N) is 3. The molecular weight excluding hydrogens is 294 g/mol. The van der Waals surface area contributed by atoms with Crippen LogP contribution in [0, 0.1) is 17.8 Å². The van der Waals surface area contributed by atoms with Gasteiger partial charge in [0.05, 0.1) is 23.7 Å². The summed E-state index contributed by atoms with van der Waals surface area (Å²) in [7, 11) is 0. The number of ether oxygens (including phenoxy) is 1. The number of aromatic nitrogens is 3. The highest BCUT2D eigenvalue weighted by Crippen LogP contribution is 2.29. The molecule has 2 aliphatic rings. The highest BCUT2D eigenvalue weighted by atomic mass is 32.1. The standard InChI is InChI=1S/C17H19N3OS/c1-2-8-21-15(3-1)10-20-11-16(18-19-20)17-9-14(12-22-17)7-6-13-4-5-13/h9,11-13,15H,1-5,8,10H2/t15-/m1/s1. The Morgan fingerprint density at radius 2 is 2.27 bits per heavy atom. The fraction of sp³-hybridized carbons (Fsp3) is 0.529. The molecule has 2 aromatic rings. The first-order chi connectivity index (χ1) is 10.9. The van der Waals surface area contributed by atoms with E-state index in [1.165, 1.54) is 25.7 Å². The van der Waals surface area contributed by atoms with Crippen LogP contribution in [-0.4, -0.2) is 27.7 Å². The number of hydrogen-bond acceptors (Lipinski definition) is 4. The van der Waals surface area contributed by atoms with Crippen molar-refractivity contribution < 1.29 is 4.74 Å². The second-order valence-corrected chi connectivity index (χ2v) is 6.97. The molecule has 3 heterocycles. The first-order valence-electron chi connectivity index (χ1n) is 7.99. The first-order valence-corrected chi connectivity index (χ1v) is 8.87. The molecule has 0 bridgehead atoms. The Morgan fingerprint density at radius 3 is 3.09 bits per heavy atom.